The maximum absolute atomic E-state index is 9.26. The Hall–Kier alpha value is -1.96. The number of nitrogens with zero attached hydrogens (tertiary/aromatic N) is 4. The molecular weight excluding hydrogens is 319 g/mol. The summed E-state index contributed by atoms with van der Waals surface area (Å²) in [7, 11) is 0. The molecule has 0 bridgehead atoms. The Morgan fingerprint density at radius 1 is 1.00 bits per heavy atom. The predicted octanol–water partition coefficient (Wildman–Crippen LogP) is 3.59. The lowest BCUT2D eigenvalue weighted by Gasteiger charge is -2.37. The van der Waals surface area contributed by atoms with Crippen LogP contribution < -0.4 is 9.80 Å². The normalized spacial score (nSPS) is 14.8. The largest absolute Gasteiger partial charge is 0.366 e. The van der Waals surface area contributed by atoms with E-state index in [0.29, 0.717) is 15.6 Å². The van der Waals surface area contributed by atoms with Gasteiger partial charge in [0, 0.05) is 32.4 Å². The topological polar surface area (TPSA) is 43.2 Å². The molecule has 2 aromatic rings. The van der Waals surface area contributed by atoms with Gasteiger partial charge in [0.2, 0.25) is 0 Å². The number of para-hydroxylation sites is 1. The van der Waals surface area contributed by atoms with Crippen molar-refractivity contribution in [1.29, 1.82) is 5.26 Å². The number of hydrogen-bond acceptors (Lipinski definition) is 4. The second kappa shape index (κ2) is 6.43. The van der Waals surface area contributed by atoms with Crippen LogP contribution in [0.15, 0.2) is 36.5 Å². The van der Waals surface area contributed by atoms with Gasteiger partial charge in [0.25, 0.3) is 0 Å². The van der Waals surface area contributed by atoms with Crippen LogP contribution in [0.1, 0.15) is 5.56 Å². The van der Waals surface area contributed by atoms with E-state index in [1.165, 1.54) is 0 Å². The van der Waals surface area contributed by atoms with Crippen LogP contribution in [-0.2, 0) is 0 Å². The summed E-state index contributed by atoms with van der Waals surface area (Å²) in [4.78, 5) is 8.71. The van der Waals surface area contributed by atoms with Crippen LogP contribution in [0.4, 0.5) is 11.5 Å². The van der Waals surface area contributed by atoms with Gasteiger partial charge in [-0.05, 0) is 24.3 Å². The van der Waals surface area contributed by atoms with E-state index in [-0.39, 0.29) is 0 Å². The third-order valence-corrected chi connectivity index (χ3v) is 4.27. The molecule has 6 heteroatoms. The maximum Gasteiger partial charge on any atom is 0.128 e. The first kappa shape index (κ1) is 15.0. The SMILES string of the molecule is N#Cc1cccc(Cl)c1N1CCN(c2ccc(Cl)cn2)CC1. The minimum atomic E-state index is 0.616. The second-order valence-electron chi connectivity index (χ2n) is 5.06. The summed E-state index contributed by atoms with van der Waals surface area (Å²) >= 11 is 12.1. The summed E-state index contributed by atoms with van der Waals surface area (Å²) < 4.78 is 0. The van der Waals surface area contributed by atoms with E-state index in [4.69, 9.17) is 23.2 Å². The van der Waals surface area contributed by atoms with Crippen LogP contribution in [-0.4, -0.2) is 31.2 Å². The molecule has 1 aromatic heterocycles. The van der Waals surface area contributed by atoms with Crippen molar-refractivity contribution in [1.82, 2.24) is 4.98 Å². The molecule has 0 unspecified atom stereocenters. The second-order valence-corrected chi connectivity index (χ2v) is 5.90. The van der Waals surface area contributed by atoms with Gasteiger partial charge in [-0.1, -0.05) is 29.3 Å². The van der Waals surface area contributed by atoms with Gasteiger partial charge in [0.15, 0.2) is 0 Å². The quantitative estimate of drug-likeness (QED) is 0.842. The molecule has 1 aliphatic rings. The Bertz CT molecular complexity index is 701. The molecule has 1 saturated heterocycles. The number of pyridine rings is 1. The first-order valence-corrected chi connectivity index (χ1v) is 7.74. The fraction of sp³-hybridized carbons (Fsp3) is 0.250. The number of nitriles is 1. The molecule has 112 valence electrons. The Morgan fingerprint density at radius 2 is 1.73 bits per heavy atom. The molecule has 22 heavy (non-hydrogen) atoms. The molecule has 0 amide bonds. The highest BCUT2D eigenvalue weighted by atomic mass is 35.5. The lowest BCUT2D eigenvalue weighted by Crippen LogP contribution is -2.47. The van der Waals surface area contributed by atoms with Gasteiger partial charge in [0.1, 0.15) is 11.9 Å². The van der Waals surface area contributed by atoms with Crippen molar-refractivity contribution >= 4 is 34.7 Å². The number of aromatic nitrogens is 1. The molecule has 0 atom stereocenters. The van der Waals surface area contributed by atoms with Crippen molar-refractivity contribution < 1.29 is 0 Å². The number of anilines is 2. The molecule has 3 rings (SSSR count). The van der Waals surface area contributed by atoms with Crippen molar-refractivity contribution in [2.75, 3.05) is 36.0 Å². The number of rotatable bonds is 2. The Balaban J connectivity index is 1.75. The molecule has 4 nitrogen and oxygen atoms in total. The van der Waals surface area contributed by atoms with Crippen LogP contribution in [0.25, 0.3) is 0 Å². The van der Waals surface area contributed by atoms with Gasteiger partial charge in [-0.15, -0.1) is 0 Å². The van der Waals surface area contributed by atoms with E-state index in [1.807, 2.05) is 18.2 Å². The lowest BCUT2D eigenvalue weighted by molar-refractivity contribution is 0.647. The monoisotopic (exact) mass is 332 g/mol. The van der Waals surface area contributed by atoms with Crippen LogP contribution in [0.2, 0.25) is 10.0 Å². The zero-order chi connectivity index (χ0) is 15.5. The lowest BCUT2D eigenvalue weighted by atomic mass is 10.1. The molecule has 1 fully saturated rings. The smallest absolute Gasteiger partial charge is 0.128 e. The van der Waals surface area contributed by atoms with Gasteiger partial charge in [-0.25, -0.2) is 4.98 Å². The highest BCUT2D eigenvalue weighted by molar-refractivity contribution is 6.33. The van der Waals surface area contributed by atoms with E-state index in [1.54, 1.807) is 18.3 Å². The summed E-state index contributed by atoms with van der Waals surface area (Å²) in [5.74, 6) is 0.920. The average Bonchev–Trinajstić information content (AvgIpc) is 2.55. The first-order chi connectivity index (χ1) is 10.7. The number of piperazine rings is 1. The summed E-state index contributed by atoms with van der Waals surface area (Å²) in [6, 6.07) is 11.4. The maximum atomic E-state index is 9.26. The Labute approximate surface area is 139 Å². The van der Waals surface area contributed by atoms with E-state index < -0.39 is 0 Å². The van der Waals surface area contributed by atoms with Crippen LogP contribution in [0, 0.1) is 11.3 Å². The third-order valence-electron chi connectivity index (χ3n) is 3.74. The standard InChI is InChI=1S/C16H14Cl2N4/c17-13-4-5-15(20-11-13)21-6-8-22(9-7-21)16-12(10-19)2-1-3-14(16)18/h1-5,11H,6-9H2. The van der Waals surface area contributed by atoms with Crippen LogP contribution >= 0.6 is 23.2 Å². The average molecular weight is 333 g/mol. The van der Waals surface area contributed by atoms with Crippen molar-refractivity contribution in [2.24, 2.45) is 0 Å². The molecule has 0 N–H and O–H groups in total. The molecular formula is C16H14Cl2N4. The number of halogens is 2. The van der Waals surface area contributed by atoms with E-state index in [2.05, 4.69) is 20.9 Å². The van der Waals surface area contributed by atoms with Crippen molar-refractivity contribution in [3.8, 4) is 6.07 Å². The van der Waals surface area contributed by atoms with Gasteiger partial charge < -0.3 is 9.80 Å². The molecule has 1 aliphatic heterocycles. The van der Waals surface area contributed by atoms with Crippen LogP contribution in [0.5, 0.6) is 0 Å². The van der Waals surface area contributed by atoms with Gasteiger partial charge >= 0.3 is 0 Å². The molecule has 0 saturated carbocycles. The van der Waals surface area contributed by atoms with Crippen molar-refractivity contribution in [3.63, 3.8) is 0 Å². The minimum Gasteiger partial charge on any atom is -0.366 e. The third kappa shape index (κ3) is 2.96. The fourth-order valence-corrected chi connectivity index (χ4v) is 3.05. The molecule has 0 aliphatic carbocycles. The van der Waals surface area contributed by atoms with Crippen molar-refractivity contribution in [2.45, 2.75) is 0 Å². The van der Waals surface area contributed by atoms with Gasteiger partial charge in [0.05, 0.1) is 21.3 Å². The Morgan fingerprint density at radius 3 is 2.36 bits per heavy atom. The van der Waals surface area contributed by atoms with E-state index in [0.717, 1.165) is 37.7 Å². The zero-order valence-electron chi connectivity index (χ0n) is 11.8. The summed E-state index contributed by atoms with van der Waals surface area (Å²) in [6.07, 6.45) is 1.66. The van der Waals surface area contributed by atoms with Crippen LogP contribution in [0.3, 0.4) is 0 Å². The summed E-state index contributed by atoms with van der Waals surface area (Å²) in [5, 5.41) is 10.5. The zero-order valence-corrected chi connectivity index (χ0v) is 13.3. The highest BCUT2D eigenvalue weighted by Crippen LogP contribution is 2.30. The molecule has 2 heterocycles. The number of benzene rings is 1. The summed E-state index contributed by atoms with van der Waals surface area (Å²) in [5.41, 5.74) is 1.45. The van der Waals surface area contributed by atoms with E-state index in [9.17, 15) is 5.26 Å². The predicted molar refractivity (Wildman–Crippen MR) is 89.8 cm³/mol. The van der Waals surface area contributed by atoms with Gasteiger partial charge in [-0.2, -0.15) is 5.26 Å². The molecule has 0 spiro atoms. The molecule has 1 aromatic carbocycles. The fourth-order valence-electron chi connectivity index (χ4n) is 2.64. The Kier molecular flexibility index (Phi) is 4.37. The van der Waals surface area contributed by atoms with E-state index >= 15 is 0 Å². The number of hydrogen-bond donors (Lipinski definition) is 0. The highest BCUT2D eigenvalue weighted by Gasteiger charge is 2.21. The van der Waals surface area contributed by atoms with Crippen molar-refractivity contribution in [3.05, 3.63) is 52.1 Å². The first-order valence-electron chi connectivity index (χ1n) is 6.99. The summed E-state index contributed by atoms with van der Waals surface area (Å²) in [6.45, 7) is 3.24. The molecule has 0 radical (unpaired) electrons. The minimum absolute atomic E-state index is 0.616. The van der Waals surface area contributed by atoms with Gasteiger partial charge in [-0.3, -0.25) is 0 Å².